The van der Waals surface area contributed by atoms with E-state index in [0.717, 1.165) is 11.8 Å². The van der Waals surface area contributed by atoms with Crippen LogP contribution in [0.4, 0.5) is 0 Å². The number of hydrogen-bond donors (Lipinski definition) is 0. The maximum atomic E-state index is 11.3. The molecule has 0 unspecified atom stereocenters. The van der Waals surface area contributed by atoms with Gasteiger partial charge in [-0.2, -0.15) is 0 Å². The van der Waals surface area contributed by atoms with Crippen molar-refractivity contribution in [2.24, 2.45) is 0 Å². The Kier molecular flexibility index (Phi) is 6.67. The van der Waals surface area contributed by atoms with Gasteiger partial charge in [0.05, 0.1) is 34.3 Å². The van der Waals surface area contributed by atoms with Crippen LogP contribution in [0.1, 0.15) is 13.3 Å². The number of amides is 1. The number of ether oxygens (including phenoxy) is 1. The molecule has 6 nitrogen and oxygen atoms in total. The van der Waals surface area contributed by atoms with Gasteiger partial charge < -0.3 is 14.6 Å². The van der Waals surface area contributed by atoms with Crippen molar-refractivity contribution in [2.75, 3.05) is 6.61 Å². The monoisotopic (exact) mass is 323 g/mol. The van der Waals surface area contributed by atoms with Crippen LogP contribution in [0.25, 0.3) is 0 Å². The zero-order chi connectivity index (χ0) is 14.0. The second-order valence-electron chi connectivity index (χ2n) is 3.64. The van der Waals surface area contributed by atoms with E-state index in [4.69, 9.17) is 4.74 Å². The third-order valence-corrected chi connectivity index (χ3v) is 4.76. The van der Waals surface area contributed by atoms with Crippen LogP contribution in [-0.4, -0.2) is 34.7 Å². The van der Waals surface area contributed by atoms with Gasteiger partial charge in [0, 0.05) is 6.08 Å². The predicted molar refractivity (Wildman–Crippen MR) is 68.2 cm³/mol. The Morgan fingerprint density at radius 2 is 2.30 bits per heavy atom. The fourth-order valence-electron chi connectivity index (χ4n) is 1.63. The molecular formula is C11H10NNaO5S2. The molecule has 9 heteroatoms. The number of thioether (sulfide) groups is 2. The minimum absolute atomic E-state index is 0. The molecule has 1 amide bonds. The molecule has 1 fully saturated rings. The first-order valence-electron chi connectivity index (χ1n) is 5.49. The minimum Gasteiger partial charge on any atom is -0.543 e. The predicted octanol–water partition coefficient (Wildman–Crippen LogP) is -2.98. The molecule has 0 aromatic heterocycles. The summed E-state index contributed by atoms with van der Waals surface area (Å²) < 4.78 is 5.15. The fraction of sp³-hybridized carbons (Fsp3) is 0.364. The second kappa shape index (κ2) is 7.56. The quantitative estimate of drug-likeness (QED) is 0.231. The van der Waals surface area contributed by atoms with Crippen LogP contribution in [0.15, 0.2) is 21.4 Å². The van der Waals surface area contributed by atoms with Gasteiger partial charge in [0.2, 0.25) is 5.91 Å². The molecule has 2 aliphatic heterocycles. The summed E-state index contributed by atoms with van der Waals surface area (Å²) in [6.07, 6.45) is 1.54. The summed E-state index contributed by atoms with van der Waals surface area (Å²) >= 11 is 2.36. The molecule has 0 N–H and O–H groups in total. The smallest absolute Gasteiger partial charge is 0.543 e. The van der Waals surface area contributed by atoms with E-state index in [1.807, 2.05) is 0 Å². The minimum atomic E-state index is -1.38. The van der Waals surface area contributed by atoms with Crippen LogP contribution < -0.4 is 34.7 Å². The summed E-state index contributed by atoms with van der Waals surface area (Å²) in [7, 11) is 0. The van der Waals surface area contributed by atoms with Gasteiger partial charge in [0.15, 0.2) is 0 Å². The van der Waals surface area contributed by atoms with Crippen molar-refractivity contribution < 1.29 is 53.8 Å². The molecule has 0 aliphatic carbocycles. The Labute approximate surface area is 146 Å². The third kappa shape index (κ3) is 3.62. The average molecular weight is 323 g/mol. The SMILES string of the molecule is CCOC(=O)/C=C/SC1=C(C(=O)[O-])N2C(=O)C[C@H]2S1.[Na+]. The van der Waals surface area contributed by atoms with Gasteiger partial charge >= 0.3 is 35.5 Å². The molecule has 0 spiro atoms. The van der Waals surface area contributed by atoms with Crippen LogP contribution in [0, 0.1) is 0 Å². The molecule has 2 heterocycles. The Morgan fingerprint density at radius 3 is 2.85 bits per heavy atom. The average Bonchev–Trinajstić information content (AvgIpc) is 2.62. The summed E-state index contributed by atoms with van der Waals surface area (Å²) in [5.74, 6) is -2.09. The van der Waals surface area contributed by atoms with Crippen LogP contribution in [0.2, 0.25) is 0 Å². The first kappa shape index (κ1) is 17.6. The van der Waals surface area contributed by atoms with Gasteiger partial charge in [-0.1, -0.05) is 23.5 Å². The normalized spacial score (nSPS) is 20.6. The van der Waals surface area contributed by atoms with Crippen molar-refractivity contribution in [2.45, 2.75) is 18.7 Å². The molecule has 0 saturated carbocycles. The first-order valence-corrected chi connectivity index (χ1v) is 7.24. The van der Waals surface area contributed by atoms with Crippen LogP contribution >= 0.6 is 23.5 Å². The topological polar surface area (TPSA) is 86.7 Å². The summed E-state index contributed by atoms with van der Waals surface area (Å²) in [5.41, 5.74) is -0.107. The van der Waals surface area contributed by atoms with Gasteiger partial charge in [-0.25, -0.2) is 4.79 Å². The number of carboxylic acids is 1. The van der Waals surface area contributed by atoms with Crippen molar-refractivity contribution in [3.63, 3.8) is 0 Å². The number of carboxylic acid groups (broad SMARTS) is 1. The Balaban J connectivity index is 0.00000200. The van der Waals surface area contributed by atoms with E-state index < -0.39 is 11.9 Å². The Morgan fingerprint density at radius 1 is 1.60 bits per heavy atom. The second-order valence-corrected chi connectivity index (χ2v) is 6.00. The summed E-state index contributed by atoms with van der Waals surface area (Å²) in [6, 6.07) is 0. The van der Waals surface area contributed by atoms with Gasteiger partial charge in [-0.15, -0.1) is 0 Å². The number of hydrogen-bond acceptors (Lipinski definition) is 7. The van der Waals surface area contributed by atoms with Crippen LogP contribution in [-0.2, 0) is 19.1 Å². The molecule has 0 aromatic carbocycles. The maximum Gasteiger partial charge on any atom is 1.00 e. The van der Waals surface area contributed by atoms with E-state index in [1.54, 1.807) is 6.92 Å². The van der Waals surface area contributed by atoms with Gasteiger partial charge in [0.25, 0.3) is 0 Å². The van der Waals surface area contributed by atoms with Gasteiger partial charge in [-0.05, 0) is 12.3 Å². The van der Waals surface area contributed by atoms with Crippen molar-refractivity contribution in [1.82, 2.24) is 4.90 Å². The largest absolute Gasteiger partial charge is 1.00 e. The molecule has 0 radical (unpaired) electrons. The van der Waals surface area contributed by atoms with E-state index in [0.29, 0.717) is 10.7 Å². The van der Waals surface area contributed by atoms with E-state index in [-0.39, 0.29) is 53.1 Å². The summed E-state index contributed by atoms with van der Waals surface area (Å²) in [6.45, 7) is 1.97. The zero-order valence-electron chi connectivity index (χ0n) is 11.0. The number of esters is 1. The van der Waals surface area contributed by atoms with E-state index in [2.05, 4.69) is 0 Å². The molecule has 20 heavy (non-hydrogen) atoms. The van der Waals surface area contributed by atoms with E-state index in [9.17, 15) is 19.5 Å². The Hall–Kier alpha value is -0.410. The summed E-state index contributed by atoms with van der Waals surface area (Å²) in [4.78, 5) is 34.7. The van der Waals surface area contributed by atoms with Crippen molar-refractivity contribution in [3.05, 3.63) is 21.4 Å². The third-order valence-electron chi connectivity index (χ3n) is 2.44. The number of nitrogens with zero attached hydrogens (tertiary/aromatic N) is 1. The molecule has 102 valence electrons. The van der Waals surface area contributed by atoms with Crippen molar-refractivity contribution >= 4 is 41.4 Å². The van der Waals surface area contributed by atoms with Crippen LogP contribution in [0.3, 0.4) is 0 Å². The van der Waals surface area contributed by atoms with Crippen molar-refractivity contribution in [1.29, 1.82) is 0 Å². The summed E-state index contributed by atoms with van der Waals surface area (Å²) in [5, 5.41) is 12.3. The maximum absolute atomic E-state index is 11.3. The molecular weight excluding hydrogens is 313 g/mol. The van der Waals surface area contributed by atoms with E-state index in [1.165, 1.54) is 28.1 Å². The zero-order valence-corrected chi connectivity index (χ0v) is 14.6. The molecule has 2 rings (SSSR count). The number of fused-ring (bicyclic) bond motifs is 1. The number of carbonyl (C=O) groups excluding carboxylic acids is 3. The number of rotatable bonds is 5. The molecule has 1 saturated heterocycles. The first-order chi connectivity index (χ1) is 9.04. The standard InChI is InChI=1S/C11H11NO5S2.Na/c1-2-17-8(14)3-4-18-11-9(10(15)16)12-6(13)5-7(12)19-11;/h3-4,7H,2,5H2,1H3,(H,15,16);/q;+1/p-1/b4-3+;/t7-;/m1./s1. The Bertz CT molecular complexity index is 505. The van der Waals surface area contributed by atoms with Gasteiger partial charge in [-0.3, -0.25) is 9.69 Å². The van der Waals surface area contributed by atoms with Gasteiger partial charge in [0.1, 0.15) is 0 Å². The molecule has 0 bridgehead atoms. The number of carbonyl (C=O) groups is 3. The number of aliphatic carboxylic acids is 1. The van der Waals surface area contributed by atoms with Crippen molar-refractivity contribution in [3.8, 4) is 0 Å². The van der Waals surface area contributed by atoms with E-state index >= 15 is 0 Å². The fourth-order valence-corrected chi connectivity index (χ4v) is 4.05. The number of β-lactam (4-membered cyclic amide) rings is 1. The molecule has 0 aromatic rings. The molecule has 1 atom stereocenters. The van der Waals surface area contributed by atoms with Crippen LogP contribution in [0.5, 0.6) is 0 Å². The molecule has 2 aliphatic rings.